The zero-order valence-electron chi connectivity index (χ0n) is 12.1. The molecule has 0 radical (unpaired) electrons. The molecule has 0 spiro atoms. The number of hydrogen-bond donors (Lipinski definition) is 1. The molecular weight excluding hydrogens is 335 g/mol. The molecule has 0 aromatic heterocycles. The van der Waals surface area contributed by atoms with E-state index >= 15 is 0 Å². The largest absolute Gasteiger partial charge is 0.319 e. The van der Waals surface area contributed by atoms with Gasteiger partial charge in [0.1, 0.15) is 5.92 Å². The Labute approximate surface area is 143 Å². The van der Waals surface area contributed by atoms with Gasteiger partial charge in [-0.1, -0.05) is 47.5 Å². The maximum Gasteiger partial charge on any atom is 0.293 e. The maximum absolute atomic E-state index is 12.3. The van der Waals surface area contributed by atoms with Gasteiger partial charge in [-0.15, -0.1) is 0 Å². The van der Waals surface area contributed by atoms with Crippen LogP contribution in [-0.2, 0) is 9.59 Å². The van der Waals surface area contributed by atoms with Gasteiger partial charge in [-0.05, 0) is 36.2 Å². The third-order valence-electron chi connectivity index (χ3n) is 3.29. The van der Waals surface area contributed by atoms with E-state index in [0.717, 1.165) is 5.56 Å². The van der Waals surface area contributed by atoms with E-state index in [4.69, 9.17) is 23.2 Å². The summed E-state index contributed by atoms with van der Waals surface area (Å²) < 4.78 is 0. The number of Topliss-reactive ketones (excluding diaryl/α,β-unsaturated/α-hetero) is 1. The summed E-state index contributed by atoms with van der Waals surface area (Å²) in [5.41, 5.74) is 1.62. The highest BCUT2D eigenvalue weighted by molar-refractivity contribution is 6.44. The Morgan fingerprint density at radius 1 is 1.13 bits per heavy atom. The van der Waals surface area contributed by atoms with Crippen molar-refractivity contribution in [1.82, 2.24) is 0 Å². The fourth-order valence-electron chi connectivity index (χ4n) is 2.08. The van der Waals surface area contributed by atoms with Gasteiger partial charge in [0.2, 0.25) is 5.78 Å². The van der Waals surface area contributed by atoms with E-state index in [9.17, 15) is 14.9 Å². The molecule has 116 valence electrons. The fourth-order valence-corrected chi connectivity index (χ4v) is 2.38. The molecule has 0 aliphatic heterocycles. The molecule has 0 saturated heterocycles. The smallest absolute Gasteiger partial charge is 0.293 e. The van der Waals surface area contributed by atoms with Crippen LogP contribution in [0.15, 0.2) is 42.5 Å². The van der Waals surface area contributed by atoms with Crippen LogP contribution in [-0.4, -0.2) is 11.7 Å². The number of nitrogens with zero attached hydrogens (tertiary/aromatic N) is 1. The Morgan fingerprint density at radius 3 is 2.43 bits per heavy atom. The number of nitriles is 1. The third-order valence-corrected chi connectivity index (χ3v) is 4.03. The van der Waals surface area contributed by atoms with Crippen LogP contribution in [0.4, 0.5) is 5.69 Å². The lowest BCUT2D eigenvalue weighted by atomic mass is 9.92. The third kappa shape index (κ3) is 3.89. The molecular formula is C17H12Cl2N2O2. The SMILES string of the molecule is Cc1ccccc1C(C#N)C(=O)C(=O)Nc1ccc(Cl)c(Cl)c1. The first-order valence-corrected chi connectivity index (χ1v) is 7.45. The summed E-state index contributed by atoms with van der Waals surface area (Å²) in [4.78, 5) is 24.4. The van der Waals surface area contributed by atoms with Crippen LogP contribution in [0.5, 0.6) is 0 Å². The summed E-state index contributed by atoms with van der Waals surface area (Å²) in [6.07, 6.45) is 0. The van der Waals surface area contributed by atoms with Gasteiger partial charge in [0.25, 0.3) is 5.91 Å². The molecule has 6 heteroatoms. The van der Waals surface area contributed by atoms with Crippen molar-refractivity contribution >= 4 is 40.6 Å². The molecule has 23 heavy (non-hydrogen) atoms. The number of carbonyl (C=O) groups is 2. The second-order valence-electron chi connectivity index (χ2n) is 4.87. The Bertz CT molecular complexity index is 812. The Hall–Kier alpha value is -2.35. The van der Waals surface area contributed by atoms with Gasteiger partial charge >= 0.3 is 0 Å². The molecule has 0 fully saturated rings. The molecule has 2 aromatic rings. The van der Waals surface area contributed by atoms with E-state index < -0.39 is 17.6 Å². The average molecular weight is 347 g/mol. The van der Waals surface area contributed by atoms with Gasteiger partial charge in [-0.2, -0.15) is 5.26 Å². The fraction of sp³-hybridized carbons (Fsp3) is 0.118. The van der Waals surface area contributed by atoms with Crippen molar-refractivity contribution < 1.29 is 9.59 Å². The second-order valence-corrected chi connectivity index (χ2v) is 5.68. The first kappa shape index (κ1) is 17.0. The summed E-state index contributed by atoms with van der Waals surface area (Å²) in [5.74, 6) is -2.86. The van der Waals surface area contributed by atoms with E-state index in [-0.39, 0.29) is 5.02 Å². The Kier molecular flexibility index (Phi) is 5.38. The molecule has 2 aromatic carbocycles. The lowest BCUT2D eigenvalue weighted by molar-refractivity contribution is -0.135. The predicted molar refractivity (Wildman–Crippen MR) is 89.6 cm³/mol. The number of halogens is 2. The van der Waals surface area contributed by atoms with Gasteiger partial charge in [-0.25, -0.2) is 0 Å². The number of carbonyl (C=O) groups excluding carboxylic acids is 2. The molecule has 1 N–H and O–H groups in total. The maximum atomic E-state index is 12.3. The highest BCUT2D eigenvalue weighted by Gasteiger charge is 2.28. The first-order valence-electron chi connectivity index (χ1n) is 6.69. The van der Waals surface area contributed by atoms with Crippen molar-refractivity contribution in [3.8, 4) is 6.07 Å². The van der Waals surface area contributed by atoms with Gasteiger partial charge in [0, 0.05) is 5.69 Å². The van der Waals surface area contributed by atoms with Crippen LogP contribution in [0.1, 0.15) is 17.0 Å². The van der Waals surface area contributed by atoms with Crippen LogP contribution >= 0.6 is 23.2 Å². The van der Waals surface area contributed by atoms with Crippen molar-refractivity contribution in [2.24, 2.45) is 0 Å². The van der Waals surface area contributed by atoms with Crippen molar-refractivity contribution in [1.29, 1.82) is 5.26 Å². The highest BCUT2D eigenvalue weighted by atomic mass is 35.5. The number of benzene rings is 2. The monoisotopic (exact) mass is 346 g/mol. The predicted octanol–water partition coefficient (Wildman–Crippen LogP) is 4.12. The standard InChI is InChI=1S/C17H12Cl2N2O2/c1-10-4-2-3-5-12(10)13(9-20)16(22)17(23)21-11-6-7-14(18)15(19)8-11/h2-8,13H,1H3,(H,21,23). The highest BCUT2D eigenvalue weighted by Crippen LogP contribution is 2.26. The lowest BCUT2D eigenvalue weighted by Crippen LogP contribution is -2.28. The summed E-state index contributed by atoms with van der Waals surface area (Å²) in [5, 5.41) is 12.3. The molecule has 0 saturated carbocycles. The van der Waals surface area contributed by atoms with Gasteiger partial charge in [-0.3, -0.25) is 9.59 Å². The number of aryl methyl sites for hydroxylation is 1. The molecule has 4 nitrogen and oxygen atoms in total. The Balaban J connectivity index is 2.21. The summed E-state index contributed by atoms with van der Waals surface area (Å²) in [7, 11) is 0. The van der Waals surface area contributed by atoms with Crippen LogP contribution in [0, 0.1) is 18.3 Å². The summed E-state index contributed by atoms with van der Waals surface area (Å²) in [6.45, 7) is 1.78. The molecule has 0 aliphatic rings. The van der Waals surface area contributed by atoms with Crippen molar-refractivity contribution in [3.63, 3.8) is 0 Å². The molecule has 1 amide bonds. The minimum atomic E-state index is -1.15. The number of amides is 1. The van der Waals surface area contributed by atoms with E-state index in [1.54, 1.807) is 31.2 Å². The molecule has 0 bridgehead atoms. The van der Waals surface area contributed by atoms with Crippen molar-refractivity contribution in [2.45, 2.75) is 12.8 Å². The number of rotatable bonds is 4. The molecule has 1 atom stereocenters. The van der Waals surface area contributed by atoms with Crippen molar-refractivity contribution in [3.05, 3.63) is 63.6 Å². The molecule has 1 unspecified atom stereocenters. The number of anilines is 1. The molecule has 0 heterocycles. The van der Waals surface area contributed by atoms with Gasteiger partial charge < -0.3 is 5.32 Å². The van der Waals surface area contributed by atoms with Crippen molar-refractivity contribution in [2.75, 3.05) is 5.32 Å². The molecule has 2 rings (SSSR count). The van der Waals surface area contributed by atoms with Crippen LogP contribution in [0.25, 0.3) is 0 Å². The summed E-state index contributed by atoms with van der Waals surface area (Å²) in [6, 6.07) is 13.3. The average Bonchev–Trinajstić information content (AvgIpc) is 2.53. The van der Waals surface area contributed by atoms with Gasteiger partial charge in [0.05, 0.1) is 16.1 Å². The van der Waals surface area contributed by atoms with E-state index in [0.29, 0.717) is 16.3 Å². The number of nitrogens with one attached hydrogen (secondary N) is 1. The van der Waals surface area contributed by atoms with Crippen LogP contribution in [0.3, 0.4) is 0 Å². The van der Waals surface area contributed by atoms with E-state index in [1.165, 1.54) is 18.2 Å². The number of hydrogen-bond acceptors (Lipinski definition) is 3. The topological polar surface area (TPSA) is 70.0 Å². The quantitative estimate of drug-likeness (QED) is 0.846. The number of ketones is 1. The molecule has 0 aliphatic carbocycles. The minimum Gasteiger partial charge on any atom is -0.319 e. The summed E-state index contributed by atoms with van der Waals surface area (Å²) >= 11 is 11.7. The zero-order valence-corrected chi connectivity index (χ0v) is 13.7. The minimum absolute atomic E-state index is 0.257. The van der Waals surface area contributed by atoms with Gasteiger partial charge in [0.15, 0.2) is 0 Å². The Morgan fingerprint density at radius 2 is 1.83 bits per heavy atom. The van der Waals surface area contributed by atoms with Crippen LogP contribution < -0.4 is 5.32 Å². The van der Waals surface area contributed by atoms with E-state index in [1.807, 2.05) is 6.07 Å². The first-order chi connectivity index (χ1) is 10.9. The zero-order chi connectivity index (χ0) is 17.0. The second kappa shape index (κ2) is 7.28. The van der Waals surface area contributed by atoms with Crippen LogP contribution in [0.2, 0.25) is 10.0 Å². The normalized spacial score (nSPS) is 11.4. The van der Waals surface area contributed by atoms with E-state index in [2.05, 4.69) is 5.32 Å². The lowest BCUT2D eigenvalue weighted by Gasteiger charge is -2.11.